The molecule has 9 heteroatoms. The lowest BCUT2D eigenvalue weighted by Crippen LogP contribution is -2.46. The van der Waals surface area contributed by atoms with Crippen LogP contribution < -0.4 is 15.4 Å². The van der Waals surface area contributed by atoms with Crippen LogP contribution in [0.15, 0.2) is 18.2 Å². The highest BCUT2D eigenvalue weighted by molar-refractivity contribution is 5.95. The predicted molar refractivity (Wildman–Crippen MR) is 82.1 cm³/mol. The van der Waals surface area contributed by atoms with Crippen molar-refractivity contribution in [2.24, 2.45) is 0 Å². The Hall–Kier alpha value is -2.71. The first-order chi connectivity index (χ1) is 11.5. The molecule has 1 aliphatic rings. The van der Waals surface area contributed by atoms with E-state index in [9.17, 15) is 24.1 Å². The molecule has 24 heavy (non-hydrogen) atoms. The van der Waals surface area contributed by atoms with E-state index in [2.05, 4.69) is 10.6 Å². The van der Waals surface area contributed by atoms with Crippen LogP contribution in [0.1, 0.15) is 32.1 Å². The summed E-state index contributed by atoms with van der Waals surface area (Å²) in [6, 6.07) is 2.26. The van der Waals surface area contributed by atoms with Crippen LogP contribution in [0.3, 0.4) is 0 Å². The van der Waals surface area contributed by atoms with Crippen molar-refractivity contribution in [2.45, 2.75) is 38.1 Å². The molecule has 0 radical (unpaired) electrons. The molecule has 130 valence electrons. The predicted octanol–water partition coefficient (Wildman–Crippen LogP) is 2.27. The van der Waals surface area contributed by atoms with Crippen molar-refractivity contribution in [3.8, 4) is 5.75 Å². The maximum absolute atomic E-state index is 13.6. The molecule has 0 aromatic heterocycles. The van der Waals surface area contributed by atoms with Gasteiger partial charge in [0.2, 0.25) is 0 Å². The molecule has 0 saturated heterocycles. The molecule has 0 unspecified atom stereocenters. The van der Waals surface area contributed by atoms with E-state index in [4.69, 9.17) is 4.74 Å². The summed E-state index contributed by atoms with van der Waals surface area (Å²) in [4.78, 5) is 33.1. The molecule has 3 amide bonds. The van der Waals surface area contributed by atoms with Gasteiger partial charge < -0.3 is 10.1 Å². The van der Waals surface area contributed by atoms with E-state index in [1.165, 1.54) is 0 Å². The highest BCUT2D eigenvalue weighted by Crippen LogP contribution is 2.22. The number of rotatable bonds is 5. The van der Waals surface area contributed by atoms with Gasteiger partial charge in [-0.1, -0.05) is 19.3 Å². The van der Waals surface area contributed by atoms with E-state index < -0.39 is 35.0 Å². The molecule has 1 aliphatic carbocycles. The van der Waals surface area contributed by atoms with Gasteiger partial charge in [-0.2, -0.15) is 0 Å². The highest BCUT2D eigenvalue weighted by Gasteiger charge is 2.18. The van der Waals surface area contributed by atoms with Crippen molar-refractivity contribution < 1.29 is 23.6 Å². The zero-order valence-corrected chi connectivity index (χ0v) is 12.9. The highest BCUT2D eigenvalue weighted by atomic mass is 19.1. The van der Waals surface area contributed by atoms with E-state index in [-0.39, 0.29) is 11.8 Å². The molecule has 1 aromatic carbocycles. The molecule has 1 saturated carbocycles. The van der Waals surface area contributed by atoms with E-state index in [0.29, 0.717) is 6.07 Å². The summed E-state index contributed by atoms with van der Waals surface area (Å²) in [6.07, 6.45) is 4.99. The SMILES string of the molecule is O=C(COc1ccc([N+](=O)[O-])cc1F)NC(=O)NC1CCCCC1. The zero-order chi connectivity index (χ0) is 17.5. The molecule has 0 bridgehead atoms. The number of ether oxygens (including phenoxy) is 1. The fourth-order valence-electron chi connectivity index (χ4n) is 2.49. The third kappa shape index (κ3) is 5.18. The van der Waals surface area contributed by atoms with Gasteiger partial charge in [0.15, 0.2) is 18.2 Å². The quantitative estimate of drug-likeness (QED) is 0.631. The third-order valence-corrected chi connectivity index (χ3v) is 3.68. The number of non-ortho nitro benzene ring substituents is 1. The summed E-state index contributed by atoms with van der Waals surface area (Å²) in [6.45, 7) is -0.577. The van der Waals surface area contributed by atoms with E-state index in [0.717, 1.165) is 44.2 Å². The van der Waals surface area contributed by atoms with Crippen molar-refractivity contribution in [1.82, 2.24) is 10.6 Å². The Kier molecular flexibility index (Phi) is 6.05. The summed E-state index contributed by atoms with van der Waals surface area (Å²) in [5.41, 5.74) is -0.420. The van der Waals surface area contributed by atoms with Gasteiger partial charge in [-0.3, -0.25) is 20.2 Å². The van der Waals surface area contributed by atoms with Gasteiger partial charge in [0.1, 0.15) is 0 Å². The molecule has 0 heterocycles. The van der Waals surface area contributed by atoms with Crippen LogP contribution in [-0.4, -0.2) is 29.5 Å². The number of amides is 3. The fourth-order valence-corrected chi connectivity index (χ4v) is 2.49. The van der Waals surface area contributed by atoms with E-state index in [1.807, 2.05) is 0 Å². The van der Waals surface area contributed by atoms with Crippen LogP contribution in [0.4, 0.5) is 14.9 Å². The van der Waals surface area contributed by atoms with Crippen LogP contribution in [0, 0.1) is 15.9 Å². The van der Waals surface area contributed by atoms with E-state index in [1.54, 1.807) is 0 Å². The molecule has 0 spiro atoms. The number of imide groups is 1. The molecule has 1 aromatic rings. The van der Waals surface area contributed by atoms with Crippen LogP contribution in [-0.2, 0) is 4.79 Å². The summed E-state index contributed by atoms with van der Waals surface area (Å²) in [5, 5.41) is 15.3. The molecule has 2 N–H and O–H groups in total. The Balaban J connectivity index is 1.78. The Labute approximate surface area is 137 Å². The first kappa shape index (κ1) is 17.6. The maximum atomic E-state index is 13.6. The molecule has 1 fully saturated rings. The number of carbonyl (C=O) groups excluding carboxylic acids is 2. The number of nitro groups is 1. The molecular weight excluding hydrogens is 321 g/mol. The Morgan fingerprint density at radius 2 is 2.00 bits per heavy atom. The molecule has 0 aliphatic heterocycles. The topological polar surface area (TPSA) is 111 Å². The van der Waals surface area contributed by atoms with Gasteiger partial charge in [-0.25, -0.2) is 9.18 Å². The largest absolute Gasteiger partial charge is 0.481 e. The minimum absolute atomic E-state index is 0.0552. The average Bonchev–Trinajstić information content (AvgIpc) is 2.54. The fraction of sp³-hybridized carbons (Fsp3) is 0.467. The zero-order valence-electron chi connectivity index (χ0n) is 12.9. The number of halogens is 1. The Morgan fingerprint density at radius 1 is 1.29 bits per heavy atom. The first-order valence-corrected chi connectivity index (χ1v) is 7.63. The number of nitrogens with zero attached hydrogens (tertiary/aromatic N) is 1. The van der Waals surface area contributed by atoms with Gasteiger partial charge in [-0.05, 0) is 18.9 Å². The van der Waals surface area contributed by atoms with Gasteiger partial charge in [-0.15, -0.1) is 0 Å². The number of nitrogens with one attached hydrogen (secondary N) is 2. The molecule has 2 rings (SSSR count). The van der Waals surface area contributed by atoms with Crippen molar-refractivity contribution in [2.75, 3.05) is 6.61 Å². The van der Waals surface area contributed by atoms with Crippen LogP contribution >= 0.6 is 0 Å². The maximum Gasteiger partial charge on any atom is 0.321 e. The number of hydrogen-bond donors (Lipinski definition) is 2. The monoisotopic (exact) mass is 339 g/mol. The van der Waals surface area contributed by atoms with Crippen molar-refractivity contribution >= 4 is 17.6 Å². The summed E-state index contributed by atoms with van der Waals surface area (Å²) >= 11 is 0. The van der Waals surface area contributed by atoms with Crippen LogP contribution in [0.2, 0.25) is 0 Å². The number of benzene rings is 1. The lowest BCUT2D eigenvalue weighted by Gasteiger charge is -2.22. The smallest absolute Gasteiger partial charge is 0.321 e. The summed E-state index contributed by atoms with van der Waals surface area (Å²) < 4.78 is 18.5. The summed E-state index contributed by atoms with van der Waals surface area (Å²) in [5.74, 6) is -1.99. The van der Waals surface area contributed by atoms with Gasteiger partial charge in [0, 0.05) is 12.1 Å². The Bertz CT molecular complexity index is 632. The normalized spacial score (nSPS) is 14.7. The first-order valence-electron chi connectivity index (χ1n) is 7.63. The lowest BCUT2D eigenvalue weighted by atomic mass is 9.96. The minimum atomic E-state index is -0.955. The molecule has 0 atom stereocenters. The van der Waals surface area contributed by atoms with Crippen LogP contribution in [0.25, 0.3) is 0 Å². The van der Waals surface area contributed by atoms with Crippen molar-refractivity contribution in [3.05, 3.63) is 34.1 Å². The van der Waals surface area contributed by atoms with Crippen LogP contribution in [0.5, 0.6) is 5.75 Å². The molecule has 8 nitrogen and oxygen atoms in total. The average molecular weight is 339 g/mol. The molecular formula is C15H18FN3O5. The second-order valence-corrected chi connectivity index (χ2v) is 5.52. The van der Waals surface area contributed by atoms with Gasteiger partial charge in [0.05, 0.1) is 11.0 Å². The number of nitro benzene ring substituents is 1. The second kappa shape index (κ2) is 8.23. The number of urea groups is 1. The van der Waals surface area contributed by atoms with Crippen molar-refractivity contribution in [3.63, 3.8) is 0 Å². The number of carbonyl (C=O) groups is 2. The number of hydrogen-bond acceptors (Lipinski definition) is 5. The van der Waals surface area contributed by atoms with E-state index >= 15 is 0 Å². The van der Waals surface area contributed by atoms with Crippen molar-refractivity contribution in [1.29, 1.82) is 0 Å². The Morgan fingerprint density at radius 3 is 2.62 bits per heavy atom. The standard InChI is InChI=1S/C15H18FN3O5/c16-12-8-11(19(22)23)6-7-13(12)24-9-14(20)18-15(21)17-10-4-2-1-3-5-10/h6-8,10H,1-5,9H2,(H2,17,18,20,21). The van der Waals surface area contributed by atoms with Gasteiger partial charge in [0.25, 0.3) is 11.6 Å². The van der Waals surface area contributed by atoms with Gasteiger partial charge >= 0.3 is 6.03 Å². The minimum Gasteiger partial charge on any atom is -0.481 e. The third-order valence-electron chi connectivity index (χ3n) is 3.68. The summed E-state index contributed by atoms with van der Waals surface area (Å²) in [7, 11) is 0. The lowest BCUT2D eigenvalue weighted by molar-refractivity contribution is -0.385. The second-order valence-electron chi connectivity index (χ2n) is 5.52.